The standard InChI is InChI=1S/C18H13.C3H7.Hf/c1-2-6-13(5-1)14-9-10-18-16(11-14)12-15-7-3-4-8-17(15)18;1-3-2;/h1-5,7-10H,6,12H2;3H,1-2H3;/q2*-1;. The van der Waals surface area contributed by atoms with Crippen LogP contribution in [0.25, 0.3) is 16.7 Å². The molecule has 0 atom stereocenters. The molecule has 0 spiro atoms. The van der Waals surface area contributed by atoms with E-state index in [0.29, 0.717) is 0 Å². The number of allylic oxidation sites excluding steroid dienone is 4. The zero-order chi connectivity index (χ0) is 14.7. The molecule has 0 heterocycles. The van der Waals surface area contributed by atoms with E-state index in [1.165, 1.54) is 33.4 Å². The molecule has 2 aromatic rings. The van der Waals surface area contributed by atoms with Gasteiger partial charge in [0.15, 0.2) is 0 Å². The second-order valence-corrected chi connectivity index (χ2v) is 5.50. The number of fused-ring (bicyclic) bond motifs is 3. The fourth-order valence-electron chi connectivity index (χ4n) is 2.89. The molecule has 0 unspecified atom stereocenters. The van der Waals surface area contributed by atoms with Gasteiger partial charge < -0.3 is 6.42 Å². The fraction of sp³-hybridized carbons (Fsp3) is 0.190. The van der Waals surface area contributed by atoms with Gasteiger partial charge in [-0.25, -0.2) is 0 Å². The van der Waals surface area contributed by atoms with Crippen molar-refractivity contribution in [3.63, 3.8) is 0 Å². The molecule has 0 bridgehead atoms. The van der Waals surface area contributed by atoms with Crippen LogP contribution < -0.4 is 0 Å². The van der Waals surface area contributed by atoms with Gasteiger partial charge in [-0.2, -0.15) is 13.8 Å². The van der Waals surface area contributed by atoms with E-state index in [0.717, 1.165) is 12.8 Å². The molecule has 4 rings (SSSR count). The van der Waals surface area contributed by atoms with Crippen molar-refractivity contribution in [1.29, 1.82) is 0 Å². The summed E-state index contributed by atoms with van der Waals surface area (Å²) in [4.78, 5) is 0. The smallest absolute Gasteiger partial charge is 0 e. The maximum atomic E-state index is 3.61. The summed E-state index contributed by atoms with van der Waals surface area (Å²) in [6, 6.07) is 16.7. The summed E-state index contributed by atoms with van der Waals surface area (Å²) in [6.45, 7) is 4.00. The first-order valence-corrected chi connectivity index (χ1v) is 7.57. The minimum absolute atomic E-state index is 0. The van der Waals surface area contributed by atoms with Crippen LogP contribution in [-0.4, -0.2) is 0 Å². The molecule has 110 valence electrons. The third-order valence-corrected chi connectivity index (χ3v) is 3.82. The van der Waals surface area contributed by atoms with Crippen molar-refractivity contribution in [3.8, 4) is 11.1 Å². The molecule has 22 heavy (non-hydrogen) atoms. The molecule has 1 heteroatoms. The van der Waals surface area contributed by atoms with E-state index >= 15 is 0 Å². The Morgan fingerprint density at radius 3 is 2.50 bits per heavy atom. The molecule has 2 aliphatic carbocycles. The molecular weight excluding hydrogens is 431 g/mol. The number of hydrogen-bond acceptors (Lipinski definition) is 0. The van der Waals surface area contributed by atoms with Gasteiger partial charge in [-0.1, -0.05) is 47.5 Å². The van der Waals surface area contributed by atoms with E-state index in [1.807, 2.05) is 20.3 Å². The summed E-state index contributed by atoms with van der Waals surface area (Å²) in [5.41, 5.74) is 8.16. The predicted octanol–water partition coefficient (Wildman–Crippen LogP) is 5.63. The maximum absolute atomic E-state index is 3.61. The predicted molar refractivity (Wildman–Crippen MR) is 90.9 cm³/mol. The van der Waals surface area contributed by atoms with Gasteiger partial charge >= 0.3 is 0 Å². The Hall–Kier alpha value is -1.21. The van der Waals surface area contributed by atoms with Crippen LogP contribution >= 0.6 is 0 Å². The quantitative estimate of drug-likeness (QED) is 0.333. The van der Waals surface area contributed by atoms with Crippen molar-refractivity contribution in [1.82, 2.24) is 0 Å². The van der Waals surface area contributed by atoms with Gasteiger partial charge in [0.05, 0.1) is 0 Å². The zero-order valence-corrected chi connectivity index (χ0v) is 16.8. The fourth-order valence-corrected chi connectivity index (χ4v) is 2.89. The van der Waals surface area contributed by atoms with Crippen LogP contribution in [0.4, 0.5) is 0 Å². The van der Waals surface area contributed by atoms with Gasteiger partial charge in [-0.05, 0) is 18.4 Å². The molecule has 0 radical (unpaired) electrons. The van der Waals surface area contributed by atoms with Crippen LogP contribution in [0.5, 0.6) is 0 Å². The van der Waals surface area contributed by atoms with Crippen LogP contribution in [0.1, 0.15) is 37.0 Å². The summed E-state index contributed by atoms with van der Waals surface area (Å²) in [6.07, 6.45) is 10.6. The molecule has 0 N–H and O–H groups in total. The average molecular weight is 451 g/mol. The zero-order valence-electron chi connectivity index (χ0n) is 13.2. The first-order chi connectivity index (χ1) is 10.3. The molecule has 0 aromatic heterocycles. The Morgan fingerprint density at radius 2 is 1.77 bits per heavy atom. The summed E-state index contributed by atoms with van der Waals surface area (Å²) in [5.74, 6) is 0. The van der Waals surface area contributed by atoms with Gasteiger partial charge in [-0.15, -0.1) is 41.0 Å². The van der Waals surface area contributed by atoms with Crippen LogP contribution in [0.15, 0.2) is 54.6 Å². The van der Waals surface area contributed by atoms with Crippen molar-refractivity contribution in [2.45, 2.75) is 26.7 Å². The van der Waals surface area contributed by atoms with Crippen molar-refractivity contribution in [2.24, 2.45) is 0 Å². The molecule has 0 fully saturated rings. The first-order valence-electron chi connectivity index (χ1n) is 7.57. The van der Waals surface area contributed by atoms with Gasteiger partial charge in [0.2, 0.25) is 0 Å². The Balaban J connectivity index is 0.000000411. The molecular formula is C21H20Hf-2. The Kier molecular flexibility index (Phi) is 6.14. The van der Waals surface area contributed by atoms with Crippen molar-refractivity contribution in [3.05, 3.63) is 83.8 Å². The Labute approximate surface area is 152 Å². The van der Waals surface area contributed by atoms with E-state index in [4.69, 9.17) is 0 Å². The van der Waals surface area contributed by atoms with E-state index in [-0.39, 0.29) is 25.8 Å². The molecule has 0 amide bonds. The maximum Gasteiger partial charge on any atom is 0 e. The van der Waals surface area contributed by atoms with Gasteiger partial charge in [0, 0.05) is 25.8 Å². The van der Waals surface area contributed by atoms with Crippen molar-refractivity contribution in [2.75, 3.05) is 0 Å². The molecule has 0 aliphatic heterocycles. The Morgan fingerprint density at radius 1 is 1.00 bits per heavy atom. The normalized spacial score (nSPS) is 13.5. The average Bonchev–Trinajstić information content (AvgIpc) is 3.15. The first kappa shape index (κ1) is 17.1. The SMILES string of the molecule is C[CH-]C.[Hf].[c-]1c(C2=CC=CC2)ccc2c1Cc1ccccc1-2. The van der Waals surface area contributed by atoms with Gasteiger partial charge in [0.25, 0.3) is 0 Å². The minimum atomic E-state index is 0. The van der Waals surface area contributed by atoms with Crippen LogP contribution in [0.3, 0.4) is 0 Å². The van der Waals surface area contributed by atoms with Crippen LogP contribution in [-0.2, 0) is 32.3 Å². The number of rotatable bonds is 1. The molecule has 0 nitrogen and oxygen atoms in total. The molecule has 0 saturated heterocycles. The monoisotopic (exact) mass is 452 g/mol. The Bertz CT molecular complexity index is 708. The second-order valence-electron chi connectivity index (χ2n) is 5.50. The minimum Gasteiger partial charge on any atom is -0.335 e. The summed E-state index contributed by atoms with van der Waals surface area (Å²) >= 11 is 0. The van der Waals surface area contributed by atoms with Crippen LogP contribution in [0.2, 0.25) is 0 Å². The van der Waals surface area contributed by atoms with Crippen LogP contribution in [0, 0.1) is 12.5 Å². The topological polar surface area (TPSA) is 0 Å². The summed E-state index contributed by atoms with van der Waals surface area (Å²) < 4.78 is 0. The number of hydrogen-bond donors (Lipinski definition) is 0. The van der Waals surface area contributed by atoms with E-state index in [2.05, 4.69) is 60.7 Å². The van der Waals surface area contributed by atoms with Crippen molar-refractivity contribution >= 4 is 5.57 Å². The third kappa shape index (κ3) is 3.41. The van der Waals surface area contributed by atoms with Gasteiger partial charge in [0.1, 0.15) is 0 Å². The summed E-state index contributed by atoms with van der Waals surface area (Å²) in [7, 11) is 0. The van der Waals surface area contributed by atoms with E-state index in [9.17, 15) is 0 Å². The largest absolute Gasteiger partial charge is 0.335 e. The number of benzene rings is 2. The van der Waals surface area contributed by atoms with Crippen molar-refractivity contribution < 1.29 is 25.8 Å². The van der Waals surface area contributed by atoms with E-state index < -0.39 is 0 Å². The molecule has 2 aromatic carbocycles. The second kappa shape index (κ2) is 7.87. The van der Waals surface area contributed by atoms with E-state index in [1.54, 1.807) is 0 Å². The third-order valence-electron chi connectivity index (χ3n) is 3.82. The van der Waals surface area contributed by atoms with Gasteiger partial charge in [-0.3, -0.25) is 0 Å². The molecule has 2 aliphatic rings. The summed E-state index contributed by atoms with van der Waals surface area (Å²) in [5, 5.41) is 0. The molecule has 0 saturated carbocycles.